The number of para-hydroxylation sites is 1. The monoisotopic (exact) mass is 299 g/mol. The lowest BCUT2D eigenvalue weighted by Crippen LogP contribution is -2.35. The van der Waals surface area contributed by atoms with Gasteiger partial charge in [0.25, 0.3) is 0 Å². The fourth-order valence-corrected chi connectivity index (χ4v) is 3.32. The van der Waals surface area contributed by atoms with E-state index in [-0.39, 0.29) is 17.9 Å². The van der Waals surface area contributed by atoms with E-state index in [1.807, 2.05) is 29.2 Å². The Balaban J connectivity index is 1.60. The van der Waals surface area contributed by atoms with Crippen LogP contribution in [0.4, 0.5) is 0 Å². The number of amides is 1. The van der Waals surface area contributed by atoms with Gasteiger partial charge in [0, 0.05) is 19.0 Å². The summed E-state index contributed by atoms with van der Waals surface area (Å²) in [4.78, 5) is 19.1. The lowest BCUT2D eigenvalue weighted by atomic mass is 9.99. The van der Waals surface area contributed by atoms with Crippen LogP contribution >= 0.6 is 0 Å². The molecule has 1 amide bonds. The summed E-state index contributed by atoms with van der Waals surface area (Å²) in [7, 11) is 0. The van der Waals surface area contributed by atoms with E-state index in [9.17, 15) is 4.79 Å². The van der Waals surface area contributed by atoms with Crippen molar-refractivity contribution in [1.82, 2.24) is 15.0 Å². The smallest absolute Gasteiger partial charge is 0.234 e. The molecule has 2 aliphatic heterocycles. The molecule has 0 saturated carbocycles. The standard InChI is InChI=1S/C16H17N3O3/c1-10-17-15(18-22-10)13-6-4-8-19(13)16(20)12-9-21-14-7-3-2-5-11(12)14/h2-3,5,7,12-13H,4,6,8-9H2,1H3/t12-,13+/m1/s1. The maximum absolute atomic E-state index is 13.0. The number of carbonyl (C=O) groups excluding carboxylic acids is 1. The zero-order valence-electron chi connectivity index (χ0n) is 12.4. The number of nitrogens with zero attached hydrogens (tertiary/aromatic N) is 3. The highest BCUT2D eigenvalue weighted by Gasteiger charge is 2.39. The molecule has 2 atom stereocenters. The Hall–Kier alpha value is -2.37. The molecule has 1 saturated heterocycles. The van der Waals surface area contributed by atoms with Crippen molar-refractivity contribution in [2.75, 3.05) is 13.2 Å². The molecule has 0 aliphatic carbocycles. The quantitative estimate of drug-likeness (QED) is 0.850. The molecular weight excluding hydrogens is 282 g/mol. The van der Waals surface area contributed by atoms with Crippen LogP contribution in [0.5, 0.6) is 5.75 Å². The number of rotatable bonds is 2. The molecule has 6 heteroatoms. The van der Waals surface area contributed by atoms with E-state index in [0.29, 0.717) is 18.3 Å². The van der Waals surface area contributed by atoms with Gasteiger partial charge in [-0.15, -0.1) is 0 Å². The van der Waals surface area contributed by atoms with Gasteiger partial charge < -0.3 is 14.2 Å². The van der Waals surface area contributed by atoms with Gasteiger partial charge in [-0.3, -0.25) is 4.79 Å². The first-order valence-corrected chi connectivity index (χ1v) is 7.56. The summed E-state index contributed by atoms with van der Waals surface area (Å²) in [6.45, 7) is 2.90. The maximum atomic E-state index is 13.0. The van der Waals surface area contributed by atoms with Crippen LogP contribution in [0.3, 0.4) is 0 Å². The first-order valence-electron chi connectivity index (χ1n) is 7.56. The molecule has 114 valence electrons. The van der Waals surface area contributed by atoms with Gasteiger partial charge in [-0.25, -0.2) is 0 Å². The largest absolute Gasteiger partial charge is 0.492 e. The molecule has 0 radical (unpaired) electrons. The van der Waals surface area contributed by atoms with Gasteiger partial charge >= 0.3 is 0 Å². The third-order valence-corrected chi connectivity index (χ3v) is 4.38. The predicted octanol–water partition coefficient (Wildman–Crippen LogP) is 2.22. The highest BCUT2D eigenvalue weighted by Crippen LogP contribution is 2.38. The van der Waals surface area contributed by atoms with Crippen molar-refractivity contribution in [3.8, 4) is 5.75 Å². The molecule has 0 spiro atoms. The fourth-order valence-electron chi connectivity index (χ4n) is 3.32. The minimum Gasteiger partial charge on any atom is -0.492 e. The molecule has 6 nitrogen and oxygen atoms in total. The molecule has 2 aromatic rings. The number of benzene rings is 1. The Morgan fingerprint density at radius 1 is 1.36 bits per heavy atom. The second-order valence-corrected chi connectivity index (χ2v) is 5.76. The van der Waals surface area contributed by atoms with Crippen molar-refractivity contribution in [3.05, 3.63) is 41.5 Å². The Morgan fingerprint density at radius 2 is 2.23 bits per heavy atom. The van der Waals surface area contributed by atoms with Gasteiger partial charge in [-0.2, -0.15) is 4.98 Å². The highest BCUT2D eigenvalue weighted by molar-refractivity contribution is 5.86. The van der Waals surface area contributed by atoms with E-state index in [4.69, 9.17) is 9.26 Å². The Kier molecular flexibility index (Phi) is 3.10. The van der Waals surface area contributed by atoms with Crippen LogP contribution in [-0.4, -0.2) is 34.1 Å². The van der Waals surface area contributed by atoms with Crippen LogP contribution in [0, 0.1) is 6.92 Å². The zero-order chi connectivity index (χ0) is 15.1. The van der Waals surface area contributed by atoms with Gasteiger partial charge in [-0.1, -0.05) is 23.4 Å². The van der Waals surface area contributed by atoms with E-state index in [2.05, 4.69) is 10.1 Å². The first kappa shape index (κ1) is 13.3. The summed E-state index contributed by atoms with van der Waals surface area (Å²) in [5.74, 6) is 1.81. The maximum Gasteiger partial charge on any atom is 0.234 e. The molecule has 3 heterocycles. The van der Waals surface area contributed by atoms with Gasteiger partial charge in [0.05, 0.1) is 6.04 Å². The van der Waals surface area contributed by atoms with Crippen LogP contribution in [0.1, 0.15) is 42.1 Å². The van der Waals surface area contributed by atoms with E-state index in [0.717, 1.165) is 30.7 Å². The normalized spacial score (nSPS) is 23.4. The van der Waals surface area contributed by atoms with Crippen molar-refractivity contribution in [2.24, 2.45) is 0 Å². The lowest BCUT2D eigenvalue weighted by molar-refractivity contribution is -0.134. The van der Waals surface area contributed by atoms with E-state index in [1.54, 1.807) is 6.92 Å². The van der Waals surface area contributed by atoms with Crippen molar-refractivity contribution < 1.29 is 14.1 Å². The molecule has 1 aromatic heterocycles. The zero-order valence-corrected chi connectivity index (χ0v) is 12.4. The number of hydrogen-bond acceptors (Lipinski definition) is 5. The Bertz CT molecular complexity index is 712. The Morgan fingerprint density at radius 3 is 3.05 bits per heavy atom. The van der Waals surface area contributed by atoms with Crippen molar-refractivity contribution in [1.29, 1.82) is 0 Å². The van der Waals surface area contributed by atoms with Gasteiger partial charge in [0.2, 0.25) is 11.8 Å². The lowest BCUT2D eigenvalue weighted by Gasteiger charge is -2.25. The number of carbonyl (C=O) groups is 1. The number of aryl methyl sites for hydroxylation is 1. The molecule has 1 aromatic carbocycles. The number of fused-ring (bicyclic) bond motifs is 1. The van der Waals surface area contributed by atoms with Crippen molar-refractivity contribution in [2.45, 2.75) is 31.7 Å². The van der Waals surface area contributed by atoms with Crippen LogP contribution in [0.25, 0.3) is 0 Å². The second kappa shape index (κ2) is 5.12. The van der Waals surface area contributed by atoms with Crippen LogP contribution in [0.2, 0.25) is 0 Å². The average Bonchev–Trinajstić information content (AvgIpc) is 3.25. The fraction of sp³-hybridized carbons (Fsp3) is 0.438. The molecule has 0 unspecified atom stereocenters. The van der Waals surface area contributed by atoms with Crippen LogP contribution < -0.4 is 4.74 Å². The molecule has 4 rings (SSSR count). The van der Waals surface area contributed by atoms with Crippen molar-refractivity contribution >= 4 is 5.91 Å². The van der Waals surface area contributed by atoms with Gasteiger partial charge in [-0.05, 0) is 18.9 Å². The summed E-state index contributed by atoms with van der Waals surface area (Å²) < 4.78 is 10.7. The number of hydrogen-bond donors (Lipinski definition) is 0. The number of likely N-dealkylation sites (tertiary alicyclic amines) is 1. The van der Waals surface area contributed by atoms with E-state index < -0.39 is 0 Å². The minimum atomic E-state index is -0.232. The summed E-state index contributed by atoms with van der Waals surface area (Å²) >= 11 is 0. The third-order valence-electron chi connectivity index (χ3n) is 4.38. The molecule has 0 N–H and O–H groups in total. The highest BCUT2D eigenvalue weighted by atomic mass is 16.5. The summed E-state index contributed by atoms with van der Waals surface area (Å²) in [6, 6.07) is 7.66. The van der Waals surface area contributed by atoms with Crippen molar-refractivity contribution in [3.63, 3.8) is 0 Å². The molecule has 1 fully saturated rings. The first-order chi connectivity index (χ1) is 10.7. The average molecular weight is 299 g/mol. The molecule has 22 heavy (non-hydrogen) atoms. The van der Waals surface area contributed by atoms with Gasteiger partial charge in [0.1, 0.15) is 18.3 Å². The van der Waals surface area contributed by atoms with E-state index in [1.165, 1.54) is 0 Å². The number of aromatic nitrogens is 2. The topological polar surface area (TPSA) is 68.5 Å². The van der Waals surface area contributed by atoms with Crippen LogP contribution in [0.15, 0.2) is 28.8 Å². The summed E-state index contributed by atoms with van der Waals surface area (Å²) in [5, 5.41) is 3.99. The van der Waals surface area contributed by atoms with Gasteiger partial charge in [0.15, 0.2) is 5.82 Å². The number of ether oxygens (including phenoxy) is 1. The molecule has 0 bridgehead atoms. The summed E-state index contributed by atoms with van der Waals surface area (Å²) in [5.41, 5.74) is 0.974. The summed E-state index contributed by atoms with van der Waals surface area (Å²) in [6.07, 6.45) is 1.83. The molecular formula is C16H17N3O3. The minimum absolute atomic E-state index is 0.0855. The van der Waals surface area contributed by atoms with E-state index >= 15 is 0 Å². The third kappa shape index (κ3) is 2.06. The SMILES string of the molecule is Cc1nc([C@@H]2CCCN2C(=O)[C@@H]2COc3ccccc32)no1. The Labute approximate surface area is 128 Å². The second-order valence-electron chi connectivity index (χ2n) is 5.76. The predicted molar refractivity (Wildman–Crippen MR) is 77.4 cm³/mol. The van der Waals surface area contributed by atoms with Crippen LogP contribution in [-0.2, 0) is 4.79 Å². The molecule has 2 aliphatic rings.